The smallest absolute Gasteiger partial charge is 0.304 e. The number of nitrogens with one attached hydrogen (secondary N) is 1. The summed E-state index contributed by atoms with van der Waals surface area (Å²) in [6.07, 6.45) is 0. The van der Waals surface area contributed by atoms with Gasteiger partial charge in [-0.15, -0.1) is 0 Å². The first-order valence-corrected chi connectivity index (χ1v) is 8.24. The van der Waals surface area contributed by atoms with Crippen LogP contribution in [0.25, 0.3) is 11.3 Å². The first-order valence-electron chi connectivity index (χ1n) is 6.70. The van der Waals surface area contributed by atoms with Gasteiger partial charge in [0.25, 0.3) is 5.69 Å². The fourth-order valence-electron chi connectivity index (χ4n) is 1.87. The molecule has 22 heavy (non-hydrogen) atoms. The summed E-state index contributed by atoms with van der Waals surface area (Å²) in [7, 11) is -3.42. The van der Waals surface area contributed by atoms with Crippen LogP contribution in [0.1, 0.15) is 13.8 Å². The highest BCUT2D eigenvalue weighted by atomic mass is 31.2. The summed E-state index contributed by atoms with van der Waals surface area (Å²) >= 11 is 0. The zero-order valence-corrected chi connectivity index (χ0v) is 13.1. The minimum atomic E-state index is -3.42. The third kappa shape index (κ3) is 3.41. The molecule has 0 radical (unpaired) electrons. The molecule has 118 valence electrons. The molecule has 0 unspecified atom stereocenters. The Bertz CT molecular complexity index is 688. The minimum absolute atomic E-state index is 0.00573. The molecule has 9 heteroatoms. The van der Waals surface area contributed by atoms with Gasteiger partial charge in [0.1, 0.15) is 5.44 Å². The van der Waals surface area contributed by atoms with E-state index in [0.29, 0.717) is 11.3 Å². The van der Waals surface area contributed by atoms with Crippen LogP contribution in [-0.2, 0) is 13.6 Å². The predicted octanol–water partition coefficient (Wildman–Crippen LogP) is 2.88. The third-order valence-electron chi connectivity index (χ3n) is 2.83. The molecule has 0 saturated carbocycles. The van der Waals surface area contributed by atoms with Gasteiger partial charge in [0.2, 0.25) is 0 Å². The number of non-ortho nitro benzene ring substituents is 1. The van der Waals surface area contributed by atoms with Crippen LogP contribution >= 0.6 is 7.60 Å². The van der Waals surface area contributed by atoms with Crippen LogP contribution in [0.2, 0.25) is 0 Å². The van der Waals surface area contributed by atoms with Gasteiger partial charge in [-0.25, -0.2) is 0 Å². The second-order valence-corrected chi connectivity index (χ2v) is 6.27. The van der Waals surface area contributed by atoms with Gasteiger partial charge in [0.05, 0.1) is 23.8 Å². The van der Waals surface area contributed by atoms with Crippen molar-refractivity contribution in [1.29, 1.82) is 0 Å². The Morgan fingerprint density at radius 2 is 1.82 bits per heavy atom. The van der Waals surface area contributed by atoms with Crippen LogP contribution in [0.4, 0.5) is 5.69 Å². The van der Waals surface area contributed by atoms with Gasteiger partial charge in [-0.1, -0.05) is 0 Å². The summed E-state index contributed by atoms with van der Waals surface area (Å²) in [5.74, 6) is 0. The molecule has 1 aromatic heterocycles. The van der Waals surface area contributed by atoms with E-state index in [0.717, 1.165) is 0 Å². The van der Waals surface area contributed by atoms with Crippen molar-refractivity contribution in [3.8, 4) is 11.3 Å². The fraction of sp³-hybridized carbons (Fsp3) is 0.308. The molecule has 0 atom stereocenters. The molecular weight excluding hydrogens is 309 g/mol. The second-order valence-electron chi connectivity index (χ2n) is 4.28. The van der Waals surface area contributed by atoms with Crippen molar-refractivity contribution in [2.75, 3.05) is 13.2 Å². The molecule has 2 rings (SSSR count). The number of hydrogen-bond donors (Lipinski definition) is 1. The lowest BCUT2D eigenvalue weighted by molar-refractivity contribution is -0.384. The molecule has 0 aliphatic carbocycles. The number of nitro groups is 1. The van der Waals surface area contributed by atoms with Gasteiger partial charge in [-0.3, -0.25) is 19.8 Å². The number of H-pyrrole nitrogens is 1. The van der Waals surface area contributed by atoms with Crippen LogP contribution < -0.4 is 5.44 Å². The molecule has 2 aromatic rings. The van der Waals surface area contributed by atoms with Crippen LogP contribution in [0.5, 0.6) is 0 Å². The summed E-state index contributed by atoms with van der Waals surface area (Å²) < 4.78 is 23.1. The van der Waals surface area contributed by atoms with Gasteiger partial charge in [-0.05, 0) is 32.0 Å². The first kappa shape index (κ1) is 16.4. The number of benzene rings is 1. The monoisotopic (exact) mass is 325 g/mol. The number of hydrogen-bond acceptors (Lipinski definition) is 6. The summed E-state index contributed by atoms with van der Waals surface area (Å²) in [5, 5.41) is 17.4. The van der Waals surface area contributed by atoms with E-state index in [9.17, 15) is 14.7 Å². The summed E-state index contributed by atoms with van der Waals surface area (Å²) in [6, 6.07) is 7.48. The highest BCUT2D eigenvalue weighted by Crippen LogP contribution is 2.46. The van der Waals surface area contributed by atoms with Crippen LogP contribution in [0, 0.1) is 10.1 Å². The quantitative estimate of drug-likeness (QED) is 0.476. The third-order valence-corrected chi connectivity index (χ3v) is 4.85. The average Bonchev–Trinajstić information content (AvgIpc) is 2.98. The maximum atomic E-state index is 12.6. The van der Waals surface area contributed by atoms with Gasteiger partial charge in [-0.2, -0.15) is 5.10 Å². The van der Waals surface area contributed by atoms with Crippen molar-refractivity contribution in [3.63, 3.8) is 0 Å². The number of aromatic amines is 1. The Hall–Kier alpha value is -2.02. The maximum absolute atomic E-state index is 12.6. The van der Waals surface area contributed by atoms with E-state index in [1.165, 1.54) is 12.1 Å². The van der Waals surface area contributed by atoms with E-state index in [4.69, 9.17) is 9.05 Å². The summed E-state index contributed by atoms with van der Waals surface area (Å²) in [5.41, 5.74) is 1.41. The highest BCUT2D eigenvalue weighted by Gasteiger charge is 2.29. The van der Waals surface area contributed by atoms with E-state index < -0.39 is 12.5 Å². The molecule has 0 bridgehead atoms. The van der Waals surface area contributed by atoms with Crippen LogP contribution in [0.15, 0.2) is 30.3 Å². The van der Waals surface area contributed by atoms with Crippen molar-refractivity contribution in [2.24, 2.45) is 0 Å². The summed E-state index contributed by atoms with van der Waals surface area (Å²) in [4.78, 5) is 10.2. The maximum Gasteiger partial charge on any atom is 0.378 e. The molecule has 0 saturated heterocycles. The fourth-order valence-corrected chi connectivity index (χ4v) is 3.36. The normalized spacial score (nSPS) is 11.5. The molecule has 1 heterocycles. The molecule has 0 aliphatic heterocycles. The van der Waals surface area contributed by atoms with Gasteiger partial charge >= 0.3 is 7.60 Å². The second kappa shape index (κ2) is 6.83. The number of nitro benzene ring substituents is 1. The molecule has 0 amide bonds. The number of rotatable bonds is 7. The zero-order valence-electron chi connectivity index (χ0n) is 12.2. The Labute approximate surface area is 127 Å². The highest BCUT2D eigenvalue weighted by molar-refractivity contribution is 7.61. The van der Waals surface area contributed by atoms with Gasteiger partial charge in [0, 0.05) is 17.7 Å². The van der Waals surface area contributed by atoms with Crippen LogP contribution in [0.3, 0.4) is 0 Å². The lowest BCUT2D eigenvalue weighted by Gasteiger charge is -2.14. The Morgan fingerprint density at radius 3 is 2.32 bits per heavy atom. The van der Waals surface area contributed by atoms with E-state index in [2.05, 4.69) is 10.2 Å². The molecular formula is C13H16N3O5P. The Balaban J connectivity index is 2.30. The zero-order chi connectivity index (χ0) is 16.2. The van der Waals surface area contributed by atoms with Gasteiger partial charge < -0.3 is 9.05 Å². The van der Waals surface area contributed by atoms with E-state index >= 15 is 0 Å². The first-order chi connectivity index (χ1) is 10.5. The molecule has 0 spiro atoms. The molecule has 1 aromatic carbocycles. The lowest BCUT2D eigenvalue weighted by Crippen LogP contribution is -2.11. The van der Waals surface area contributed by atoms with Gasteiger partial charge in [0.15, 0.2) is 0 Å². The number of aromatic nitrogens is 2. The molecule has 0 fully saturated rings. The number of nitrogens with zero attached hydrogens (tertiary/aromatic N) is 2. The minimum Gasteiger partial charge on any atom is -0.304 e. The SMILES string of the molecule is CCOP(=O)(OCC)c1cc(-c2ccc([N+](=O)[O-])cc2)n[nH]1. The molecule has 0 aliphatic rings. The van der Waals surface area contributed by atoms with Crippen molar-refractivity contribution in [1.82, 2.24) is 10.2 Å². The van der Waals surface area contributed by atoms with E-state index in [1.54, 1.807) is 32.0 Å². The van der Waals surface area contributed by atoms with Crippen molar-refractivity contribution in [2.45, 2.75) is 13.8 Å². The standard InChI is InChI=1S/C13H16N3O5P/c1-3-20-22(19,21-4-2)13-9-12(14-15-13)10-5-7-11(8-6-10)16(17)18/h5-9H,3-4H2,1-2H3,(H,14,15). The molecule has 8 nitrogen and oxygen atoms in total. The average molecular weight is 325 g/mol. The van der Waals surface area contributed by atoms with Crippen molar-refractivity contribution in [3.05, 3.63) is 40.4 Å². The van der Waals surface area contributed by atoms with E-state index in [-0.39, 0.29) is 24.3 Å². The lowest BCUT2D eigenvalue weighted by atomic mass is 10.1. The largest absolute Gasteiger partial charge is 0.378 e. The molecule has 1 N–H and O–H groups in total. The predicted molar refractivity (Wildman–Crippen MR) is 81.2 cm³/mol. The van der Waals surface area contributed by atoms with Crippen molar-refractivity contribution < 1.29 is 18.5 Å². The Morgan fingerprint density at radius 1 is 1.23 bits per heavy atom. The van der Waals surface area contributed by atoms with E-state index in [1.807, 2.05) is 0 Å². The Kier molecular flexibility index (Phi) is 5.07. The topological polar surface area (TPSA) is 107 Å². The summed E-state index contributed by atoms with van der Waals surface area (Å²) in [6.45, 7) is 3.92. The van der Waals surface area contributed by atoms with Crippen molar-refractivity contribution >= 4 is 18.7 Å². The van der Waals surface area contributed by atoms with Crippen LogP contribution in [-0.4, -0.2) is 28.3 Å².